The topological polar surface area (TPSA) is 78.5 Å². The summed E-state index contributed by atoms with van der Waals surface area (Å²) in [4.78, 5) is 10.9. The molecule has 17 heavy (non-hydrogen) atoms. The van der Waals surface area contributed by atoms with E-state index in [0.717, 1.165) is 4.31 Å². The van der Waals surface area contributed by atoms with Gasteiger partial charge in [-0.3, -0.25) is 4.79 Å². The molecule has 1 aliphatic heterocycles. The Morgan fingerprint density at radius 1 is 1.35 bits per heavy atom. The Labute approximate surface area is 96.3 Å². The Hall–Kier alpha value is -0.870. The number of amides is 1. The minimum absolute atomic E-state index is 0.0427. The van der Waals surface area contributed by atoms with Gasteiger partial charge in [-0.2, -0.15) is 30.6 Å². The fraction of sp³-hybridized carbons (Fsp3) is 0.857. The number of hydrogen-bond donors (Lipinski definition) is 2. The van der Waals surface area contributed by atoms with E-state index in [4.69, 9.17) is 0 Å². The molecule has 0 radical (unpaired) electrons. The molecule has 0 spiro atoms. The molecule has 0 aromatic rings. The molecule has 0 saturated carbocycles. The zero-order chi connectivity index (χ0) is 13.1. The van der Waals surface area contributed by atoms with Crippen LogP contribution in [0.3, 0.4) is 0 Å². The molecule has 0 aromatic heterocycles. The zero-order valence-electron chi connectivity index (χ0n) is 8.75. The maximum atomic E-state index is 11.9. The highest BCUT2D eigenvalue weighted by molar-refractivity contribution is 7.87. The van der Waals surface area contributed by atoms with Crippen molar-refractivity contribution in [2.75, 3.05) is 26.2 Å². The van der Waals surface area contributed by atoms with Gasteiger partial charge in [0.15, 0.2) is 0 Å². The van der Waals surface area contributed by atoms with Crippen LogP contribution in [0.25, 0.3) is 0 Å². The van der Waals surface area contributed by atoms with E-state index in [0.29, 0.717) is 0 Å². The third kappa shape index (κ3) is 4.88. The summed E-state index contributed by atoms with van der Waals surface area (Å²) in [5.74, 6) is -0.321. The fourth-order valence-corrected chi connectivity index (χ4v) is 2.44. The first-order valence-electron chi connectivity index (χ1n) is 4.79. The van der Waals surface area contributed by atoms with Gasteiger partial charge < -0.3 is 5.32 Å². The Balaban J connectivity index is 2.60. The van der Waals surface area contributed by atoms with Crippen molar-refractivity contribution >= 4 is 16.1 Å². The van der Waals surface area contributed by atoms with Crippen LogP contribution in [-0.4, -0.2) is 51.0 Å². The van der Waals surface area contributed by atoms with Crippen LogP contribution in [0.2, 0.25) is 0 Å². The average molecular weight is 275 g/mol. The minimum atomic E-state index is -4.60. The monoisotopic (exact) mass is 275 g/mol. The molecule has 0 bridgehead atoms. The van der Waals surface area contributed by atoms with Crippen molar-refractivity contribution in [2.45, 2.75) is 12.6 Å². The van der Waals surface area contributed by atoms with Gasteiger partial charge in [0.05, 0.1) is 0 Å². The van der Waals surface area contributed by atoms with Crippen LogP contribution in [0.15, 0.2) is 0 Å². The van der Waals surface area contributed by atoms with Crippen molar-refractivity contribution in [3.05, 3.63) is 0 Å². The highest BCUT2D eigenvalue weighted by Gasteiger charge is 2.32. The molecule has 1 fully saturated rings. The van der Waals surface area contributed by atoms with Gasteiger partial charge in [-0.25, -0.2) is 0 Å². The van der Waals surface area contributed by atoms with E-state index >= 15 is 0 Å². The van der Waals surface area contributed by atoms with Crippen LogP contribution >= 0.6 is 0 Å². The van der Waals surface area contributed by atoms with Crippen LogP contribution in [0.1, 0.15) is 6.42 Å². The molecule has 2 N–H and O–H groups in total. The third-order valence-corrected chi connectivity index (χ3v) is 3.62. The van der Waals surface area contributed by atoms with Crippen molar-refractivity contribution in [2.24, 2.45) is 0 Å². The van der Waals surface area contributed by atoms with Gasteiger partial charge in [0.1, 0.15) is 6.54 Å². The molecule has 0 unspecified atom stereocenters. The predicted molar refractivity (Wildman–Crippen MR) is 52.2 cm³/mol. The second-order valence-electron chi connectivity index (χ2n) is 3.44. The molecule has 1 aliphatic rings. The summed E-state index contributed by atoms with van der Waals surface area (Å²) in [7, 11) is -4.19. The maximum Gasteiger partial charge on any atom is 0.402 e. The summed E-state index contributed by atoms with van der Waals surface area (Å²) in [6.45, 7) is -1.70. The van der Waals surface area contributed by atoms with Crippen LogP contribution in [0.5, 0.6) is 0 Å². The van der Waals surface area contributed by atoms with Crippen molar-refractivity contribution < 1.29 is 26.4 Å². The van der Waals surface area contributed by atoms with Crippen molar-refractivity contribution in [3.63, 3.8) is 0 Å². The van der Waals surface area contributed by atoms with Crippen LogP contribution in [-0.2, 0) is 15.0 Å². The first kappa shape index (κ1) is 14.2. The van der Waals surface area contributed by atoms with Gasteiger partial charge in [0.2, 0.25) is 5.91 Å². The second kappa shape index (κ2) is 5.19. The number of alkyl halides is 3. The minimum Gasteiger partial charge on any atom is -0.355 e. The van der Waals surface area contributed by atoms with Gasteiger partial charge in [-0.1, -0.05) is 0 Å². The number of hydrogen-bond acceptors (Lipinski definition) is 3. The summed E-state index contributed by atoms with van der Waals surface area (Å²) < 4.78 is 60.8. The van der Waals surface area contributed by atoms with Crippen LogP contribution < -0.4 is 10.0 Å². The summed E-state index contributed by atoms with van der Waals surface area (Å²) >= 11 is 0. The van der Waals surface area contributed by atoms with E-state index in [-0.39, 0.29) is 32.0 Å². The van der Waals surface area contributed by atoms with E-state index in [1.165, 1.54) is 4.72 Å². The normalized spacial score (nSPS) is 19.8. The number of nitrogens with zero attached hydrogens (tertiary/aromatic N) is 1. The molecule has 100 valence electrons. The summed E-state index contributed by atoms with van der Waals surface area (Å²) in [6.07, 6.45) is -4.67. The first-order valence-corrected chi connectivity index (χ1v) is 6.23. The van der Waals surface area contributed by atoms with Gasteiger partial charge >= 0.3 is 6.18 Å². The molecule has 10 heteroatoms. The number of carbonyl (C=O) groups excluding carboxylic acids is 1. The molecule has 1 saturated heterocycles. The lowest BCUT2D eigenvalue weighted by molar-refractivity contribution is -0.122. The largest absolute Gasteiger partial charge is 0.402 e. The van der Waals surface area contributed by atoms with Gasteiger partial charge in [0.25, 0.3) is 10.2 Å². The van der Waals surface area contributed by atoms with E-state index in [1.807, 2.05) is 0 Å². The van der Waals surface area contributed by atoms with Crippen molar-refractivity contribution in [1.82, 2.24) is 14.3 Å². The molecule has 0 aromatic carbocycles. The number of nitrogens with one attached hydrogen (secondary N) is 2. The van der Waals surface area contributed by atoms with E-state index in [1.54, 1.807) is 0 Å². The summed E-state index contributed by atoms with van der Waals surface area (Å²) in [5, 5.41) is 2.42. The Morgan fingerprint density at radius 2 is 2.00 bits per heavy atom. The van der Waals surface area contributed by atoms with E-state index in [9.17, 15) is 26.4 Å². The predicted octanol–water partition coefficient (Wildman–Crippen LogP) is -0.795. The molecular weight excluding hydrogens is 263 g/mol. The average Bonchev–Trinajstić information content (AvgIpc) is 2.39. The Morgan fingerprint density at radius 3 is 2.59 bits per heavy atom. The summed E-state index contributed by atoms with van der Waals surface area (Å²) in [6, 6.07) is 0. The van der Waals surface area contributed by atoms with Crippen molar-refractivity contribution in [1.29, 1.82) is 0 Å². The Bertz CT molecular complexity index is 382. The van der Waals surface area contributed by atoms with E-state index < -0.39 is 22.9 Å². The van der Waals surface area contributed by atoms with Crippen molar-refractivity contribution in [3.8, 4) is 0 Å². The van der Waals surface area contributed by atoms with Crippen LogP contribution in [0.4, 0.5) is 13.2 Å². The van der Waals surface area contributed by atoms with Gasteiger partial charge in [0, 0.05) is 26.1 Å². The van der Waals surface area contributed by atoms with E-state index in [2.05, 4.69) is 5.32 Å². The molecule has 6 nitrogen and oxygen atoms in total. The molecule has 1 heterocycles. The smallest absolute Gasteiger partial charge is 0.355 e. The molecular formula is C7H12F3N3O3S. The maximum absolute atomic E-state index is 11.9. The lowest BCUT2D eigenvalue weighted by Crippen LogP contribution is -2.45. The fourth-order valence-electron chi connectivity index (χ4n) is 1.25. The zero-order valence-corrected chi connectivity index (χ0v) is 9.57. The highest BCUT2D eigenvalue weighted by atomic mass is 32.2. The van der Waals surface area contributed by atoms with Gasteiger partial charge in [-0.15, -0.1) is 0 Å². The lowest BCUT2D eigenvalue weighted by atomic mass is 10.4. The first-order chi connectivity index (χ1) is 7.71. The number of carbonyl (C=O) groups is 1. The number of rotatable bonds is 3. The quantitative estimate of drug-likeness (QED) is 0.708. The third-order valence-electron chi connectivity index (χ3n) is 2.07. The highest BCUT2D eigenvalue weighted by Crippen LogP contribution is 2.13. The van der Waals surface area contributed by atoms with Crippen LogP contribution in [0, 0.1) is 0 Å². The standard InChI is InChI=1S/C7H12F3N3O3S/c8-7(9,10)5-12-17(15,16)13-3-1-6(14)11-2-4-13/h12H,1-5H2,(H,11,14). The molecule has 1 rings (SSSR count). The molecule has 0 atom stereocenters. The molecule has 1 amide bonds. The lowest BCUT2D eigenvalue weighted by Gasteiger charge is -2.20. The molecule has 0 aliphatic carbocycles. The second-order valence-corrected chi connectivity index (χ2v) is 5.20. The number of halogens is 3. The van der Waals surface area contributed by atoms with Gasteiger partial charge in [-0.05, 0) is 0 Å². The Kier molecular flexibility index (Phi) is 4.33. The summed E-state index contributed by atoms with van der Waals surface area (Å²) in [5.41, 5.74) is 0. The SMILES string of the molecule is O=C1CCN(S(=O)(=O)NCC(F)(F)F)CCN1.